The van der Waals surface area contributed by atoms with Crippen LogP contribution in [0.3, 0.4) is 0 Å². The molecule has 0 spiro atoms. The lowest BCUT2D eigenvalue weighted by Gasteiger charge is -2.19. The third-order valence-electron chi connectivity index (χ3n) is 2.98. The molecule has 3 rings (SSSR count). The highest BCUT2D eigenvalue weighted by Gasteiger charge is 2.20. The second-order valence-electron chi connectivity index (χ2n) is 4.04. The van der Waals surface area contributed by atoms with E-state index >= 15 is 0 Å². The molecule has 0 amide bonds. The molecular formula is C11H12FN3. The number of fused-ring (bicyclic) bond motifs is 3. The molecule has 2 N–H and O–H groups in total. The number of hydrogen-bond acceptors (Lipinski definition) is 2. The molecule has 4 heteroatoms. The van der Waals surface area contributed by atoms with E-state index in [4.69, 9.17) is 5.73 Å². The SMILES string of the molecule is NC1CCn2c(nc3c(F)cccc32)C1. The molecule has 2 heterocycles. The molecular weight excluding hydrogens is 193 g/mol. The average Bonchev–Trinajstić information content (AvgIpc) is 2.57. The minimum Gasteiger partial charge on any atom is -0.328 e. The molecule has 0 radical (unpaired) electrons. The highest BCUT2D eigenvalue weighted by molar-refractivity contribution is 5.76. The van der Waals surface area contributed by atoms with Crippen LogP contribution in [0.15, 0.2) is 18.2 Å². The third-order valence-corrected chi connectivity index (χ3v) is 2.98. The fourth-order valence-electron chi connectivity index (χ4n) is 2.20. The van der Waals surface area contributed by atoms with Crippen LogP contribution in [0, 0.1) is 5.82 Å². The van der Waals surface area contributed by atoms with E-state index in [1.54, 1.807) is 6.07 Å². The van der Waals surface area contributed by atoms with Crippen LogP contribution in [0.4, 0.5) is 4.39 Å². The van der Waals surface area contributed by atoms with Crippen molar-refractivity contribution in [1.82, 2.24) is 9.55 Å². The standard InChI is InChI=1S/C11H12FN3/c12-8-2-1-3-9-11(8)14-10-6-7(13)4-5-15(9)10/h1-3,7H,4-6,13H2. The van der Waals surface area contributed by atoms with Gasteiger partial charge in [0.15, 0.2) is 5.82 Å². The smallest absolute Gasteiger partial charge is 0.151 e. The second-order valence-corrected chi connectivity index (χ2v) is 4.04. The van der Waals surface area contributed by atoms with Crippen LogP contribution in [0.2, 0.25) is 0 Å². The Balaban J connectivity index is 2.27. The van der Waals surface area contributed by atoms with Crippen LogP contribution in [-0.4, -0.2) is 15.6 Å². The molecule has 1 atom stereocenters. The normalized spacial score (nSPS) is 20.5. The first-order chi connectivity index (χ1) is 7.25. The van der Waals surface area contributed by atoms with E-state index in [1.807, 2.05) is 6.07 Å². The van der Waals surface area contributed by atoms with Crippen LogP contribution in [0.1, 0.15) is 12.2 Å². The molecule has 1 aliphatic rings. The number of nitrogens with zero attached hydrogens (tertiary/aromatic N) is 2. The van der Waals surface area contributed by atoms with Gasteiger partial charge in [0.2, 0.25) is 0 Å². The quantitative estimate of drug-likeness (QED) is 0.707. The average molecular weight is 205 g/mol. The van der Waals surface area contributed by atoms with Gasteiger partial charge in [-0.15, -0.1) is 0 Å². The number of aryl methyl sites for hydroxylation is 1. The Morgan fingerprint density at radius 3 is 3.20 bits per heavy atom. The first-order valence-corrected chi connectivity index (χ1v) is 5.15. The van der Waals surface area contributed by atoms with Gasteiger partial charge in [-0.2, -0.15) is 0 Å². The van der Waals surface area contributed by atoms with Gasteiger partial charge in [0.05, 0.1) is 5.52 Å². The van der Waals surface area contributed by atoms with Crippen molar-refractivity contribution in [3.05, 3.63) is 29.8 Å². The van der Waals surface area contributed by atoms with Gasteiger partial charge < -0.3 is 10.3 Å². The summed E-state index contributed by atoms with van der Waals surface area (Å²) in [6, 6.07) is 5.24. The van der Waals surface area contributed by atoms with Gasteiger partial charge in [0, 0.05) is 19.0 Å². The lowest BCUT2D eigenvalue weighted by atomic mass is 10.1. The highest BCUT2D eigenvalue weighted by Crippen LogP contribution is 2.23. The fourth-order valence-corrected chi connectivity index (χ4v) is 2.20. The summed E-state index contributed by atoms with van der Waals surface area (Å²) in [6.45, 7) is 0.844. The van der Waals surface area contributed by atoms with Crippen molar-refractivity contribution in [2.45, 2.75) is 25.4 Å². The fraction of sp³-hybridized carbons (Fsp3) is 0.364. The molecule has 0 fully saturated rings. The van der Waals surface area contributed by atoms with Gasteiger partial charge in [-0.3, -0.25) is 0 Å². The first kappa shape index (κ1) is 8.85. The van der Waals surface area contributed by atoms with Crippen LogP contribution in [0.5, 0.6) is 0 Å². The van der Waals surface area contributed by atoms with Crippen LogP contribution in [-0.2, 0) is 13.0 Å². The van der Waals surface area contributed by atoms with E-state index in [0.717, 1.165) is 30.7 Å². The lowest BCUT2D eigenvalue weighted by molar-refractivity contribution is 0.471. The molecule has 1 aromatic heterocycles. The topological polar surface area (TPSA) is 43.8 Å². The van der Waals surface area contributed by atoms with Crippen molar-refractivity contribution in [1.29, 1.82) is 0 Å². The van der Waals surface area contributed by atoms with Crippen molar-refractivity contribution < 1.29 is 4.39 Å². The van der Waals surface area contributed by atoms with Crippen molar-refractivity contribution >= 4 is 11.0 Å². The molecule has 78 valence electrons. The van der Waals surface area contributed by atoms with Crippen molar-refractivity contribution in [3.8, 4) is 0 Å². The highest BCUT2D eigenvalue weighted by atomic mass is 19.1. The zero-order valence-corrected chi connectivity index (χ0v) is 8.28. The maximum absolute atomic E-state index is 13.5. The van der Waals surface area contributed by atoms with Gasteiger partial charge in [-0.1, -0.05) is 6.07 Å². The monoisotopic (exact) mass is 205 g/mol. The lowest BCUT2D eigenvalue weighted by Crippen LogP contribution is -2.30. The van der Waals surface area contributed by atoms with E-state index in [0.29, 0.717) is 5.52 Å². The maximum Gasteiger partial charge on any atom is 0.151 e. The second kappa shape index (κ2) is 3.03. The number of imidazole rings is 1. The number of hydrogen-bond donors (Lipinski definition) is 1. The molecule has 0 saturated carbocycles. The number of para-hydroxylation sites is 1. The maximum atomic E-state index is 13.5. The number of rotatable bonds is 0. The number of halogens is 1. The van der Waals surface area contributed by atoms with E-state index in [1.165, 1.54) is 6.07 Å². The predicted octanol–water partition coefficient (Wildman–Crippen LogP) is 1.45. The molecule has 0 bridgehead atoms. The summed E-state index contributed by atoms with van der Waals surface area (Å²) < 4.78 is 15.5. The van der Waals surface area contributed by atoms with Crippen molar-refractivity contribution in [3.63, 3.8) is 0 Å². The molecule has 15 heavy (non-hydrogen) atoms. The Morgan fingerprint density at radius 2 is 2.33 bits per heavy atom. The minimum absolute atomic E-state index is 0.164. The van der Waals surface area contributed by atoms with Crippen LogP contribution in [0.25, 0.3) is 11.0 Å². The zero-order chi connectivity index (χ0) is 10.4. The summed E-state index contributed by atoms with van der Waals surface area (Å²) in [4.78, 5) is 4.31. The van der Waals surface area contributed by atoms with Crippen molar-refractivity contribution in [2.24, 2.45) is 5.73 Å². The largest absolute Gasteiger partial charge is 0.328 e. The Bertz CT molecular complexity index is 518. The molecule has 3 nitrogen and oxygen atoms in total. The van der Waals surface area contributed by atoms with Crippen molar-refractivity contribution in [2.75, 3.05) is 0 Å². The van der Waals surface area contributed by atoms with Gasteiger partial charge in [-0.05, 0) is 18.6 Å². The summed E-state index contributed by atoms with van der Waals surface area (Å²) in [6.07, 6.45) is 1.68. The summed E-state index contributed by atoms with van der Waals surface area (Å²) in [7, 11) is 0. The Morgan fingerprint density at radius 1 is 1.47 bits per heavy atom. The predicted molar refractivity (Wildman–Crippen MR) is 56.0 cm³/mol. The third kappa shape index (κ3) is 1.25. The zero-order valence-electron chi connectivity index (χ0n) is 8.28. The van der Waals surface area contributed by atoms with E-state index in [-0.39, 0.29) is 11.9 Å². The Labute approximate surface area is 86.7 Å². The summed E-state index contributed by atoms with van der Waals surface area (Å²) >= 11 is 0. The molecule has 0 saturated heterocycles. The van der Waals surface area contributed by atoms with Crippen LogP contribution < -0.4 is 5.73 Å². The Hall–Kier alpha value is -1.42. The molecule has 2 aromatic rings. The van der Waals surface area contributed by atoms with Gasteiger partial charge in [0.25, 0.3) is 0 Å². The van der Waals surface area contributed by atoms with Crippen LogP contribution >= 0.6 is 0 Å². The summed E-state index contributed by atoms with van der Waals surface area (Å²) in [5, 5.41) is 0. The van der Waals surface area contributed by atoms with E-state index in [9.17, 15) is 4.39 Å². The molecule has 1 aromatic carbocycles. The van der Waals surface area contributed by atoms with Gasteiger partial charge >= 0.3 is 0 Å². The minimum atomic E-state index is -0.247. The first-order valence-electron chi connectivity index (χ1n) is 5.15. The summed E-state index contributed by atoms with van der Waals surface area (Å²) in [5.74, 6) is 0.664. The number of aromatic nitrogens is 2. The van der Waals surface area contributed by atoms with Gasteiger partial charge in [-0.25, -0.2) is 9.37 Å². The molecule has 0 aliphatic carbocycles. The number of benzene rings is 1. The molecule has 1 aliphatic heterocycles. The Kier molecular flexibility index (Phi) is 1.79. The van der Waals surface area contributed by atoms with Gasteiger partial charge in [0.1, 0.15) is 11.3 Å². The van der Waals surface area contributed by atoms with E-state index < -0.39 is 0 Å². The summed E-state index contributed by atoms with van der Waals surface area (Å²) in [5.41, 5.74) is 7.22. The van der Waals surface area contributed by atoms with E-state index in [2.05, 4.69) is 9.55 Å². The number of nitrogens with two attached hydrogens (primary N) is 1. The molecule has 1 unspecified atom stereocenters.